The highest BCUT2D eigenvalue weighted by atomic mass is 16.3. The van der Waals surface area contributed by atoms with Crippen LogP contribution < -0.4 is 0 Å². The fourth-order valence-corrected chi connectivity index (χ4v) is 8.04. The summed E-state index contributed by atoms with van der Waals surface area (Å²) in [6, 6.07) is 63.5. The highest BCUT2D eigenvalue weighted by Gasteiger charge is 2.46. The van der Waals surface area contributed by atoms with Crippen LogP contribution in [0.25, 0.3) is 66.4 Å². The van der Waals surface area contributed by atoms with E-state index >= 15 is 0 Å². The summed E-state index contributed by atoms with van der Waals surface area (Å²) in [7, 11) is 0. The van der Waals surface area contributed by atoms with Crippen LogP contribution in [0.15, 0.2) is 180 Å². The molecule has 10 rings (SSSR count). The molecule has 0 saturated heterocycles. The van der Waals surface area contributed by atoms with E-state index in [0.29, 0.717) is 5.89 Å². The number of rotatable bonds is 4. The number of aromatic nitrogens is 1. The molecule has 8 aromatic carbocycles. The minimum atomic E-state index is -0.425. The van der Waals surface area contributed by atoms with Gasteiger partial charge in [0.25, 0.3) is 0 Å². The van der Waals surface area contributed by atoms with Crippen LogP contribution in [-0.4, -0.2) is 4.98 Å². The lowest BCUT2D eigenvalue weighted by Gasteiger charge is -2.34. The Kier molecular flexibility index (Phi) is 5.82. The number of nitrogens with zero attached hydrogens (tertiary/aromatic N) is 1. The van der Waals surface area contributed by atoms with E-state index in [1.807, 2.05) is 30.3 Å². The molecule has 0 fully saturated rings. The zero-order valence-corrected chi connectivity index (χ0v) is 26.1. The third kappa shape index (κ3) is 3.84. The molecule has 9 aromatic rings. The first kappa shape index (κ1) is 26.9. The molecule has 0 saturated carbocycles. The zero-order valence-electron chi connectivity index (χ0n) is 26.1. The van der Waals surface area contributed by atoms with Crippen LogP contribution in [-0.2, 0) is 5.41 Å². The van der Waals surface area contributed by atoms with Crippen LogP contribution in [0.3, 0.4) is 0 Å². The fourth-order valence-electron chi connectivity index (χ4n) is 8.04. The number of oxazole rings is 1. The van der Waals surface area contributed by atoms with Crippen molar-refractivity contribution in [3.63, 3.8) is 0 Å². The second-order valence-electron chi connectivity index (χ2n) is 12.7. The van der Waals surface area contributed by atoms with E-state index in [4.69, 9.17) is 9.40 Å². The highest BCUT2D eigenvalue weighted by Crippen LogP contribution is 2.56. The number of benzene rings is 8. The summed E-state index contributed by atoms with van der Waals surface area (Å²) in [5.74, 6) is 0.645. The van der Waals surface area contributed by atoms with Crippen molar-refractivity contribution in [3.8, 4) is 33.7 Å². The molecule has 0 atom stereocenters. The van der Waals surface area contributed by atoms with E-state index < -0.39 is 5.41 Å². The zero-order chi connectivity index (χ0) is 31.7. The first-order chi connectivity index (χ1) is 23.8. The van der Waals surface area contributed by atoms with Gasteiger partial charge in [-0.1, -0.05) is 146 Å². The molecule has 2 heteroatoms. The summed E-state index contributed by atoms with van der Waals surface area (Å²) in [5.41, 5.74) is 12.4. The molecule has 0 spiro atoms. The smallest absolute Gasteiger partial charge is 0.227 e. The molecular formula is C46H29NO. The lowest BCUT2D eigenvalue weighted by Crippen LogP contribution is -2.28. The summed E-state index contributed by atoms with van der Waals surface area (Å²) in [6.45, 7) is 0. The molecule has 1 aromatic heterocycles. The summed E-state index contributed by atoms with van der Waals surface area (Å²) < 4.78 is 6.47. The Morgan fingerprint density at radius 2 is 1.04 bits per heavy atom. The van der Waals surface area contributed by atoms with Crippen LogP contribution >= 0.6 is 0 Å². The van der Waals surface area contributed by atoms with Crippen molar-refractivity contribution in [1.29, 1.82) is 0 Å². The summed E-state index contributed by atoms with van der Waals surface area (Å²) in [6.07, 6.45) is 0. The van der Waals surface area contributed by atoms with Crippen molar-refractivity contribution < 1.29 is 4.42 Å². The Morgan fingerprint density at radius 3 is 1.81 bits per heavy atom. The molecule has 0 radical (unpaired) electrons. The van der Waals surface area contributed by atoms with Gasteiger partial charge in [0.1, 0.15) is 5.52 Å². The second-order valence-corrected chi connectivity index (χ2v) is 12.7. The van der Waals surface area contributed by atoms with Crippen molar-refractivity contribution in [1.82, 2.24) is 4.98 Å². The molecule has 48 heavy (non-hydrogen) atoms. The van der Waals surface area contributed by atoms with Gasteiger partial charge in [0.2, 0.25) is 5.89 Å². The Morgan fingerprint density at radius 1 is 0.438 bits per heavy atom. The van der Waals surface area contributed by atoms with E-state index in [1.54, 1.807) is 0 Å². The van der Waals surface area contributed by atoms with Gasteiger partial charge < -0.3 is 4.42 Å². The molecule has 0 N–H and O–H groups in total. The molecule has 0 amide bonds. The van der Waals surface area contributed by atoms with Gasteiger partial charge in [0, 0.05) is 10.9 Å². The van der Waals surface area contributed by atoms with Gasteiger partial charge in [-0.05, 0) is 91.0 Å². The maximum Gasteiger partial charge on any atom is 0.227 e. The number of hydrogen-bond acceptors (Lipinski definition) is 2. The molecule has 1 aliphatic carbocycles. The minimum Gasteiger partial charge on any atom is -0.435 e. The van der Waals surface area contributed by atoms with E-state index in [9.17, 15) is 0 Å². The van der Waals surface area contributed by atoms with Crippen molar-refractivity contribution in [2.75, 3.05) is 0 Å². The molecule has 0 bridgehead atoms. The summed E-state index contributed by atoms with van der Waals surface area (Å²) in [4.78, 5) is 4.85. The van der Waals surface area contributed by atoms with Crippen molar-refractivity contribution >= 4 is 32.6 Å². The number of fused-ring (bicyclic) bond motifs is 8. The van der Waals surface area contributed by atoms with Crippen molar-refractivity contribution in [2.45, 2.75) is 5.41 Å². The largest absolute Gasteiger partial charge is 0.435 e. The summed E-state index contributed by atoms with van der Waals surface area (Å²) in [5, 5.41) is 4.58. The van der Waals surface area contributed by atoms with Crippen LogP contribution in [0.4, 0.5) is 0 Å². The van der Waals surface area contributed by atoms with Gasteiger partial charge in [-0.25, -0.2) is 4.98 Å². The first-order valence-electron chi connectivity index (χ1n) is 16.5. The van der Waals surface area contributed by atoms with Gasteiger partial charge >= 0.3 is 0 Å². The lowest BCUT2D eigenvalue weighted by molar-refractivity contribution is 0.623. The molecular weight excluding hydrogens is 583 g/mol. The Balaban J connectivity index is 1.18. The van der Waals surface area contributed by atoms with Gasteiger partial charge in [-0.2, -0.15) is 0 Å². The van der Waals surface area contributed by atoms with E-state index in [2.05, 4.69) is 146 Å². The van der Waals surface area contributed by atoms with E-state index in [1.165, 1.54) is 49.9 Å². The van der Waals surface area contributed by atoms with Crippen LogP contribution in [0, 0.1) is 0 Å². The average Bonchev–Trinajstić information content (AvgIpc) is 3.73. The monoisotopic (exact) mass is 611 g/mol. The maximum absolute atomic E-state index is 6.47. The third-order valence-corrected chi connectivity index (χ3v) is 10.2. The number of hydrogen-bond donors (Lipinski definition) is 0. The minimum absolute atomic E-state index is 0.425. The van der Waals surface area contributed by atoms with Crippen molar-refractivity contribution in [2.24, 2.45) is 0 Å². The predicted octanol–water partition coefficient (Wildman–Crippen LogP) is 11.8. The van der Waals surface area contributed by atoms with Gasteiger partial charge in [-0.3, -0.25) is 0 Å². The molecule has 0 aliphatic heterocycles. The van der Waals surface area contributed by atoms with Crippen molar-refractivity contribution in [3.05, 3.63) is 198 Å². The molecule has 1 heterocycles. The highest BCUT2D eigenvalue weighted by molar-refractivity contribution is 6.18. The van der Waals surface area contributed by atoms with Crippen LogP contribution in [0.5, 0.6) is 0 Å². The SMILES string of the molecule is c1ccc(-c2nc3ccc4ccc5cc(-c6ccc7c(c6)C(c6ccccc6)(c6ccccc6)c6ccccc6-7)ccc5c4c3o2)cc1. The Labute approximate surface area is 278 Å². The average molecular weight is 612 g/mol. The maximum atomic E-state index is 6.47. The molecule has 0 unspecified atom stereocenters. The topological polar surface area (TPSA) is 26.0 Å². The normalized spacial score (nSPS) is 13.2. The fraction of sp³-hybridized carbons (Fsp3) is 0.0217. The van der Waals surface area contributed by atoms with E-state index in [-0.39, 0.29) is 0 Å². The third-order valence-electron chi connectivity index (χ3n) is 10.2. The lowest BCUT2D eigenvalue weighted by atomic mass is 9.67. The Hall–Kier alpha value is -6.25. The van der Waals surface area contributed by atoms with Gasteiger partial charge in [0.05, 0.1) is 5.41 Å². The summed E-state index contributed by atoms with van der Waals surface area (Å²) >= 11 is 0. The predicted molar refractivity (Wildman–Crippen MR) is 197 cm³/mol. The van der Waals surface area contributed by atoms with Gasteiger partial charge in [0.15, 0.2) is 5.58 Å². The van der Waals surface area contributed by atoms with Gasteiger partial charge in [-0.15, -0.1) is 0 Å². The van der Waals surface area contributed by atoms with Crippen LogP contribution in [0.2, 0.25) is 0 Å². The first-order valence-corrected chi connectivity index (χ1v) is 16.5. The Bertz CT molecular complexity index is 2610. The molecule has 2 nitrogen and oxygen atoms in total. The second kappa shape index (κ2) is 10.4. The molecule has 224 valence electrons. The quantitative estimate of drug-likeness (QED) is 0.185. The standard InChI is InChI=1S/C46H29NO/c1-4-12-31(13-5-1)45-47-42-27-24-30-20-21-34-28-32(22-25-37(34)43(30)44(42)48-45)33-23-26-39-38-18-10-11-19-40(38)46(41(39)29-33,35-14-6-2-7-15-35)36-16-8-3-9-17-36/h1-29H. The van der Waals surface area contributed by atoms with E-state index in [0.717, 1.165) is 32.8 Å². The molecule has 1 aliphatic rings. The van der Waals surface area contributed by atoms with Crippen LogP contribution in [0.1, 0.15) is 22.3 Å².